The second kappa shape index (κ2) is 6.16. The van der Waals surface area contributed by atoms with E-state index in [-0.39, 0.29) is 5.38 Å². The molecule has 1 saturated carbocycles. The Kier molecular flexibility index (Phi) is 4.79. The molecular formula is C14H18BrClO2. The van der Waals surface area contributed by atoms with Crippen molar-refractivity contribution in [2.75, 3.05) is 14.2 Å². The Bertz CT molecular complexity index is 417. The van der Waals surface area contributed by atoms with Gasteiger partial charge in [-0.3, -0.25) is 0 Å². The molecule has 0 radical (unpaired) electrons. The van der Waals surface area contributed by atoms with Gasteiger partial charge in [0.05, 0.1) is 19.6 Å². The second-order valence-electron chi connectivity index (χ2n) is 4.68. The van der Waals surface area contributed by atoms with Crippen LogP contribution >= 0.6 is 27.5 Å². The molecule has 2 nitrogen and oxygen atoms in total. The van der Waals surface area contributed by atoms with Crippen molar-refractivity contribution in [3.8, 4) is 11.5 Å². The number of methoxy groups -OCH3 is 2. The standard InChI is InChI=1S/C14H18BrClO2/c1-17-12-7-10(11(15)8-13(12)18-2)14(16)9-5-3-4-6-9/h7-9,14H,3-6H2,1-2H3. The maximum Gasteiger partial charge on any atom is 0.161 e. The predicted octanol–water partition coefficient (Wildman–Crippen LogP) is 4.94. The largest absolute Gasteiger partial charge is 0.493 e. The van der Waals surface area contributed by atoms with Crippen LogP contribution in [0.2, 0.25) is 0 Å². The van der Waals surface area contributed by atoms with Crippen LogP contribution in [0.15, 0.2) is 16.6 Å². The van der Waals surface area contributed by atoms with E-state index >= 15 is 0 Å². The molecule has 0 N–H and O–H groups in total. The topological polar surface area (TPSA) is 18.5 Å². The zero-order valence-corrected chi connectivity index (χ0v) is 13.1. The Morgan fingerprint density at radius 1 is 1.17 bits per heavy atom. The SMILES string of the molecule is COc1cc(Br)c(C(Cl)C2CCCC2)cc1OC. The van der Waals surface area contributed by atoms with Crippen LogP contribution in [0.1, 0.15) is 36.6 Å². The van der Waals surface area contributed by atoms with Crippen molar-refractivity contribution in [3.05, 3.63) is 22.2 Å². The maximum absolute atomic E-state index is 6.62. The molecule has 1 aromatic carbocycles. The van der Waals surface area contributed by atoms with Crippen LogP contribution in [0, 0.1) is 5.92 Å². The fourth-order valence-electron chi connectivity index (χ4n) is 2.59. The fourth-order valence-corrected chi connectivity index (χ4v) is 3.72. The number of hydrogen-bond donors (Lipinski definition) is 0. The molecule has 0 aliphatic heterocycles. The molecule has 18 heavy (non-hydrogen) atoms. The second-order valence-corrected chi connectivity index (χ2v) is 6.00. The summed E-state index contributed by atoms with van der Waals surface area (Å²) < 4.78 is 11.6. The number of alkyl halides is 1. The van der Waals surface area contributed by atoms with Crippen LogP contribution in [-0.2, 0) is 0 Å². The van der Waals surface area contributed by atoms with Gasteiger partial charge in [-0.05, 0) is 36.5 Å². The highest BCUT2D eigenvalue weighted by Gasteiger charge is 2.27. The summed E-state index contributed by atoms with van der Waals surface area (Å²) in [6.07, 6.45) is 5.02. The molecule has 0 bridgehead atoms. The van der Waals surface area contributed by atoms with Gasteiger partial charge in [-0.1, -0.05) is 28.8 Å². The van der Waals surface area contributed by atoms with E-state index in [1.54, 1.807) is 14.2 Å². The van der Waals surface area contributed by atoms with Crippen molar-refractivity contribution in [2.45, 2.75) is 31.1 Å². The van der Waals surface area contributed by atoms with Crippen LogP contribution < -0.4 is 9.47 Å². The number of rotatable bonds is 4. The van der Waals surface area contributed by atoms with Gasteiger partial charge in [-0.15, -0.1) is 11.6 Å². The van der Waals surface area contributed by atoms with Crippen molar-refractivity contribution in [1.82, 2.24) is 0 Å². The molecule has 0 amide bonds. The van der Waals surface area contributed by atoms with Crippen LogP contribution in [-0.4, -0.2) is 14.2 Å². The number of ether oxygens (including phenoxy) is 2. The molecule has 4 heteroatoms. The average molecular weight is 334 g/mol. The van der Waals surface area contributed by atoms with E-state index in [0.29, 0.717) is 5.92 Å². The van der Waals surface area contributed by atoms with Gasteiger partial charge >= 0.3 is 0 Å². The quantitative estimate of drug-likeness (QED) is 0.727. The summed E-state index contributed by atoms with van der Waals surface area (Å²) in [6.45, 7) is 0. The highest BCUT2D eigenvalue weighted by molar-refractivity contribution is 9.10. The molecule has 1 aliphatic carbocycles. The first-order chi connectivity index (χ1) is 8.67. The third-order valence-corrected chi connectivity index (χ3v) is 4.89. The van der Waals surface area contributed by atoms with Gasteiger partial charge in [0.2, 0.25) is 0 Å². The van der Waals surface area contributed by atoms with E-state index in [2.05, 4.69) is 15.9 Å². The smallest absolute Gasteiger partial charge is 0.161 e. The van der Waals surface area contributed by atoms with E-state index < -0.39 is 0 Å². The Labute approximate surface area is 122 Å². The number of hydrogen-bond acceptors (Lipinski definition) is 2. The van der Waals surface area contributed by atoms with Gasteiger partial charge in [0.25, 0.3) is 0 Å². The molecule has 1 unspecified atom stereocenters. The van der Waals surface area contributed by atoms with Crippen LogP contribution in [0.3, 0.4) is 0 Å². The zero-order valence-electron chi connectivity index (χ0n) is 10.7. The van der Waals surface area contributed by atoms with Crippen molar-refractivity contribution in [1.29, 1.82) is 0 Å². The zero-order chi connectivity index (χ0) is 13.1. The van der Waals surface area contributed by atoms with Crippen molar-refractivity contribution in [3.63, 3.8) is 0 Å². The maximum atomic E-state index is 6.62. The fraction of sp³-hybridized carbons (Fsp3) is 0.571. The summed E-state index contributed by atoms with van der Waals surface area (Å²) in [7, 11) is 3.29. The normalized spacial score (nSPS) is 17.8. The summed E-state index contributed by atoms with van der Waals surface area (Å²) in [5.41, 5.74) is 1.10. The van der Waals surface area contributed by atoms with Gasteiger partial charge < -0.3 is 9.47 Å². The molecule has 1 atom stereocenters. The van der Waals surface area contributed by atoms with E-state index in [1.807, 2.05) is 12.1 Å². The van der Waals surface area contributed by atoms with Gasteiger partial charge in [-0.2, -0.15) is 0 Å². The lowest BCUT2D eigenvalue weighted by atomic mass is 9.97. The summed E-state index contributed by atoms with van der Waals surface area (Å²) >= 11 is 10.2. The Balaban J connectivity index is 2.31. The summed E-state index contributed by atoms with van der Waals surface area (Å²) in [4.78, 5) is 0. The first-order valence-electron chi connectivity index (χ1n) is 6.23. The van der Waals surface area contributed by atoms with Crippen LogP contribution in [0.4, 0.5) is 0 Å². The van der Waals surface area contributed by atoms with E-state index in [4.69, 9.17) is 21.1 Å². The lowest BCUT2D eigenvalue weighted by Crippen LogP contribution is -2.05. The minimum Gasteiger partial charge on any atom is -0.493 e. The lowest BCUT2D eigenvalue weighted by molar-refractivity contribution is 0.353. The van der Waals surface area contributed by atoms with Gasteiger partial charge in [0.15, 0.2) is 11.5 Å². The summed E-state index contributed by atoms with van der Waals surface area (Å²) in [5.74, 6) is 2.03. The molecule has 0 spiro atoms. The molecule has 0 saturated heterocycles. The molecule has 2 rings (SSSR count). The monoisotopic (exact) mass is 332 g/mol. The molecule has 100 valence electrons. The first-order valence-corrected chi connectivity index (χ1v) is 7.45. The van der Waals surface area contributed by atoms with Gasteiger partial charge in [-0.25, -0.2) is 0 Å². The Hall–Kier alpha value is -0.410. The highest BCUT2D eigenvalue weighted by Crippen LogP contribution is 2.45. The average Bonchev–Trinajstić information content (AvgIpc) is 2.91. The van der Waals surface area contributed by atoms with E-state index in [9.17, 15) is 0 Å². The van der Waals surface area contributed by atoms with Gasteiger partial charge in [0, 0.05) is 4.47 Å². The van der Waals surface area contributed by atoms with Crippen LogP contribution in [0.5, 0.6) is 11.5 Å². The van der Waals surface area contributed by atoms with Gasteiger partial charge in [0.1, 0.15) is 0 Å². The van der Waals surface area contributed by atoms with Crippen LogP contribution in [0.25, 0.3) is 0 Å². The number of halogens is 2. The number of benzene rings is 1. The summed E-state index contributed by atoms with van der Waals surface area (Å²) in [6, 6.07) is 3.91. The minimum absolute atomic E-state index is 0.0432. The summed E-state index contributed by atoms with van der Waals surface area (Å²) in [5, 5.41) is 0.0432. The van der Waals surface area contributed by atoms with Crippen molar-refractivity contribution >= 4 is 27.5 Å². The van der Waals surface area contributed by atoms with Crippen molar-refractivity contribution in [2.24, 2.45) is 5.92 Å². The molecule has 0 aromatic heterocycles. The van der Waals surface area contributed by atoms with E-state index in [1.165, 1.54) is 25.7 Å². The molecular weight excluding hydrogens is 316 g/mol. The molecule has 1 aliphatic rings. The lowest BCUT2D eigenvalue weighted by Gasteiger charge is -2.20. The third kappa shape index (κ3) is 2.77. The predicted molar refractivity (Wildman–Crippen MR) is 77.8 cm³/mol. The minimum atomic E-state index is 0.0432. The molecule has 1 fully saturated rings. The molecule has 1 aromatic rings. The van der Waals surface area contributed by atoms with E-state index in [0.717, 1.165) is 21.5 Å². The third-order valence-electron chi connectivity index (χ3n) is 3.61. The molecule has 0 heterocycles. The highest BCUT2D eigenvalue weighted by atomic mass is 79.9. The first kappa shape index (κ1) is 14.0. The Morgan fingerprint density at radius 3 is 2.28 bits per heavy atom. The van der Waals surface area contributed by atoms with Crippen molar-refractivity contribution < 1.29 is 9.47 Å². The Morgan fingerprint density at radius 2 is 1.72 bits per heavy atom.